The second-order valence-electron chi connectivity index (χ2n) is 5.58. The molecule has 5 heteroatoms. The maximum atomic E-state index is 11.9. The van der Waals surface area contributed by atoms with Gasteiger partial charge < -0.3 is 14.8 Å². The Bertz CT molecular complexity index is 773. The van der Waals surface area contributed by atoms with E-state index < -0.39 is 0 Å². The average Bonchev–Trinajstić information content (AvgIpc) is 2.60. The number of para-hydroxylation sites is 2. The Morgan fingerprint density at radius 3 is 2.88 bits per heavy atom. The fourth-order valence-electron chi connectivity index (χ4n) is 2.32. The average molecular weight is 344 g/mol. The van der Waals surface area contributed by atoms with E-state index in [1.807, 2.05) is 49.4 Å². The third kappa shape index (κ3) is 4.09. The van der Waals surface area contributed by atoms with Crippen LogP contribution in [0.2, 0.25) is 5.02 Å². The second-order valence-corrected chi connectivity index (χ2v) is 5.99. The van der Waals surface area contributed by atoms with Crippen molar-refractivity contribution in [2.24, 2.45) is 0 Å². The molecule has 2 aromatic carbocycles. The van der Waals surface area contributed by atoms with Crippen molar-refractivity contribution in [1.82, 2.24) is 5.32 Å². The quantitative estimate of drug-likeness (QED) is 0.862. The van der Waals surface area contributed by atoms with E-state index in [1.54, 1.807) is 6.08 Å². The van der Waals surface area contributed by atoms with Gasteiger partial charge in [0.15, 0.2) is 11.5 Å². The number of carbonyl (C=O) groups is 1. The molecule has 1 aliphatic rings. The van der Waals surface area contributed by atoms with Gasteiger partial charge >= 0.3 is 0 Å². The zero-order chi connectivity index (χ0) is 16.9. The van der Waals surface area contributed by atoms with Crippen LogP contribution >= 0.6 is 11.6 Å². The van der Waals surface area contributed by atoms with Crippen LogP contribution in [-0.4, -0.2) is 25.2 Å². The molecule has 0 aromatic heterocycles. The maximum Gasteiger partial charge on any atom is 0.244 e. The molecule has 0 radical (unpaired) electrons. The first-order valence-electron chi connectivity index (χ1n) is 7.72. The first-order chi connectivity index (χ1) is 11.6. The van der Waals surface area contributed by atoms with E-state index in [9.17, 15) is 4.79 Å². The van der Waals surface area contributed by atoms with E-state index in [2.05, 4.69) is 5.32 Å². The van der Waals surface area contributed by atoms with Crippen LogP contribution in [0.15, 0.2) is 48.5 Å². The van der Waals surface area contributed by atoms with Crippen molar-refractivity contribution < 1.29 is 14.3 Å². The first kappa shape index (κ1) is 16.4. The number of halogens is 1. The Kier molecular flexibility index (Phi) is 5.06. The minimum absolute atomic E-state index is 0.186. The van der Waals surface area contributed by atoms with Crippen molar-refractivity contribution in [3.63, 3.8) is 0 Å². The lowest BCUT2D eigenvalue weighted by Gasteiger charge is -2.26. The lowest BCUT2D eigenvalue weighted by Crippen LogP contribution is -2.40. The molecular formula is C19H18ClNO3. The number of fused-ring (bicyclic) bond motifs is 1. The van der Waals surface area contributed by atoms with Crippen molar-refractivity contribution in [1.29, 1.82) is 0 Å². The highest BCUT2D eigenvalue weighted by Crippen LogP contribution is 2.30. The van der Waals surface area contributed by atoms with E-state index in [1.165, 1.54) is 6.08 Å². The molecule has 2 aromatic rings. The molecule has 1 aliphatic heterocycles. The van der Waals surface area contributed by atoms with Gasteiger partial charge in [-0.25, -0.2) is 0 Å². The fraction of sp³-hybridized carbons (Fsp3) is 0.211. The van der Waals surface area contributed by atoms with Gasteiger partial charge in [-0.3, -0.25) is 4.79 Å². The molecule has 0 fully saturated rings. The topological polar surface area (TPSA) is 47.6 Å². The summed E-state index contributed by atoms with van der Waals surface area (Å²) in [7, 11) is 0. The van der Waals surface area contributed by atoms with E-state index in [0.29, 0.717) is 23.9 Å². The highest BCUT2D eigenvalue weighted by Gasteiger charge is 2.20. The Labute approximate surface area is 146 Å². The number of ether oxygens (including phenoxy) is 2. The molecule has 1 unspecified atom stereocenters. The number of hydrogen-bond donors (Lipinski definition) is 1. The smallest absolute Gasteiger partial charge is 0.244 e. The van der Waals surface area contributed by atoms with Crippen LogP contribution in [0, 0.1) is 6.92 Å². The van der Waals surface area contributed by atoms with Crippen molar-refractivity contribution in [3.8, 4) is 11.5 Å². The summed E-state index contributed by atoms with van der Waals surface area (Å²) < 4.78 is 11.4. The van der Waals surface area contributed by atoms with E-state index in [0.717, 1.165) is 16.9 Å². The van der Waals surface area contributed by atoms with Crippen molar-refractivity contribution in [3.05, 3.63) is 64.7 Å². The summed E-state index contributed by atoms with van der Waals surface area (Å²) in [6.45, 7) is 2.73. The zero-order valence-electron chi connectivity index (χ0n) is 13.3. The first-order valence-corrected chi connectivity index (χ1v) is 8.10. The van der Waals surface area contributed by atoms with Crippen molar-refractivity contribution >= 4 is 23.6 Å². The summed E-state index contributed by atoms with van der Waals surface area (Å²) in [5, 5.41) is 3.50. The Morgan fingerprint density at radius 1 is 1.29 bits per heavy atom. The predicted octanol–water partition coefficient (Wildman–Crippen LogP) is 3.62. The number of aryl methyl sites for hydroxylation is 1. The molecule has 0 bridgehead atoms. The molecule has 4 nitrogen and oxygen atoms in total. The highest BCUT2D eigenvalue weighted by atomic mass is 35.5. The molecule has 3 rings (SSSR count). The Balaban J connectivity index is 1.51. The minimum Gasteiger partial charge on any atom is -0.486 e. The molecule has 1 heterocycles. The van der Waals surface area contributed by atoms with Crippen LogP contribution < -0.4 is 14.8 Å². The standard InChI is InChI=1S/C19H18ClNO3/c1-13-6-7-14(10-16(13)20)8-9-19(22)21-11-15-12-23-17-4-2-3-5-18(17)24-15/h2-10,15H,11-12H2,1H3,(H,21,22)/b9-8+. The highest BCUT2D eigenvalue weighted by molar-refractivity contribution is 6.31. The van der Waals surface area contributed by atoms with Crippen LogP contribution in [-0.2, 0) is 4.79 Å². The normalized spacial score (nSPS) is 16.2. The van der Waals surface area contributed by atoms with Crippen LogP contribution in [0.3, 0.4) is 0 Å². The molecule has 1 atom stereocenters. The summed E-state index contributed by atoms with van der Waals surface area (Å²) in [4.78, 5) is 11.9. The van der Waals surface area contributed by atoms with Gasteiger partial charge in [-0.1, -0.05) is 35.9 Å². The van der Waals surface area contributed by atoms with Gasteiger partial charge in [-0.05, 0) is 42.3 Å². The summed E-state index contributed by atoms with van der Waals surface area (Å²) in [5.41, 5.74) is 1.89. The van der Waals surface area contributed by atoms with E-state index in [-0.39, 0.29) is 12.0 Å². The SMILES string of the molecule is Cc1ccc(/C=C/C(=O)NCC2COc3ccccc3O2)cc1Cl. The fourth-order valence-corrected chi connectivity index (χ4v) is 2.51. The number of hydrogen-bond acceptors (Lipinski definition) is 3. The van der Waals surface area contributed by atoms with Gasteiger partial charge in [0.25, 0.3) is 0 Å². The zero-order valence-corrected chi connectivity index (χ0v) is 14.0. The molecular weight excluding hydrogens is 326 g/mol. The van der Waals surface area contributed by atoms with Gasteiger partial charge in [0.1, 0.15) is 12.7 Å². The Hall–Kier alpha value is -2.46. The van der Waals surface area contributed by atoms with Gasteiger partial charge in [-0.2, -0.15) is 0 Å². The lowest BCUT2D eigenvalue weighted by molar-refractivity contribution is -0.116. The van der Waals surface area contributed by atoms with Gasteiger partial charge in [-0.15, -0.1) is 0 Å². The predicted molar refractivity (Wildman–Crippen MR) is 94.6 cm³/mol. The maximum absolute atomic E-state index is 11.9. The van der Waals surface area contributed by atoms with Gasteiger partial charge in [0.05, 0.1) is 6.54 Å². The number of benzene rings is 2. The molecule has 0 saturated heterocycles. The van der Waals surface area contributed by atoms with Gasteiger partial charge in [0, 0.05) is 11.1 Å². The van der Waals surface area contributed by atoms with E-state index >= 15 is 0 Å². The third-order valence-electron chi connectivity index (χ3n) is 3.69. The third-order valence-corrected chi connectivity index (χ3v) is 4.10. The van der Waals surface area contributed by atoms with Gasteiger partial charge in [0.2, 0.25) is 5.91 Å². The Morgan fingerprint density at radius 2 is 2.08 bits per heavy atom. The lowest BCUT2D eigenvalue weighted by atomic mass is 10.1. The molecule has 0 aliphatic carbocycles. The van der Waals surface area contributed by atoms with Crippen molar-refractivity contribution in [2.45, 2.75) is 13.0 Å². The number of rotatable bonds is 4. The molecule has 1 N–H and O–H groups in total. The van der Waals surface area contributed by atoms with Crippen LogP contribution in [0.1, 0.15) is 11.1 Å². The monoisotopic (exact) mass is 343 g/mol. The largest absolute Gasteiger partial charge is 0.486 e. The second kappa shape index (κ2) is 7.41. The molecule has 0 saturated carbocycles. The van der Waals surface area contributed by atoms with Crippen LogP contribution in [0.4, 0.5) is 0 Å². The summed E-state index contributed by atoms with van der Waals surface area (Å²) in [6.07, 6.45) is 3.01. The molecule has 24 heavy (non-hydrogen) atoms. The molecule has 1 amide bonds. The van der Waals surface area contributed by atoms with Crippen LogP contribution in [0.5, 0.6) is 11.5 Å². The molecule has 0 spiro atoms. The number of amides is 1. The summed E-state index contributed by atoms with van der Waals surface area (Å²) in [6, 6.07) is 13.2. The number of nitrogens with one attached hydrogen (secondary N) is 1. The summed E-state index contributed by atoms with van der Waals surface area (Å²) in [5.74, 6) is 1.25. The molecule has 124 valence electrons. The van der Waals surface area contributed by atoms with E-state index in [4.69, 9.17) is 21.1 Å². The summed E-state index contributed by atoms with van der Waals surface area (Å²) >= 11 is 6.07. The van der Waals surface area contributed by atoms with Crippen LogP contribution in [0.25, 0.3) is 6.08 Å². The number of carbonyl (C=O) groups excluding carboxylic acids is 1. The minimum atomic E-state index is -0.203. The van der Waals surface area contributed by atoms with Crippen molar-refractivity contribution in [2.75, 3.05) is 13.2 Å².